The van der Waals surface area contributed by atoms with E-state index in [1.807, 2.05) is 12.1 Å². The van der Waals surface area contributed by atoms with Crippen molar-refractivity contribution in [3.05, 3.63) is 34.1 Å². The first-order valence-electron chi connectivity index (χ1n) is 6.92. The lowest BCUT2D eigenvalue weighted by molar-refractivity contribution is 0.111. The van der Waals surface area contributed by atoms with Crippen molar-refractivity contribution in [2.24, 2.45) is 0 Å². The van der Waals surface area contributed by atoms with Crippen molar-refractivity contribution in [1.29, 1.82) is 0 Å². The summed E-state index contributed by atoms with van der Waals surface area (Å²) >= 11 is 3.23. The number of nitrogens with one attached hydrogen (secondary N) is 1. The molecule has 1 unspecified atom stereocenters. The molecule has 0 aliphatic heterocycles. The minimum Gasteiger partial charge on any atom is -0.380 e. The molecule has 0 aliphatic rings. The number of ether oxygens (including phenoxy) is 1. The van der Waals surface area contributed by atoms with Gasteiger partial charge in [0, 0.05) is 12.6 Å². The SMILES string of the molecule is CCCNC(COCCC)Cc1ccc(F)c(Br)c1. The monoisotopic (exact) mass is 331 g/mol. The van der Waals surface area contributed by atoms with Crippen LogP contribution in [-0.2, 0) is 11.2 Å². The van der Waals surface area contributed by atoms with Crippen LogP contribution in [0.25, 0.3) is 0 Å². The van der Waals surface area contributed by atoms with Crippen LogP contribution in [0.2, 0.25) is 0 Å². The van der Waals surface area contributed by atoms with E-state index in [1.165, 1.54) is 6.07 Å². The van der Waals surface area contributed by atoms with E-state index >= 15 is 0 Å². The molecule has 108 valence electrons. The molecule has 0 saturated carbocycles. The Bertz CT molecular complexity index is 373. The lowest BCUT2D eigenvalue weighted by atomic mass is 10.1. The third kappa shape index (κ3) is 6.50. The zero-order chi connectivity index (χ0) is 14.1. The van der Waals surface area contributed by atoms with Gasteiger partial charge in [-0.2, -0.15) is 0 Å². The third-order valence-electron chi connectivity index (χ3n) is 2.82. The molecule has 1 rings (SSSR count). The standard InChI is InChI=1S/C15H23BrFNO/c1-3-7-18-13(11-19-8-4-2)9-12-5-6-15(17)14(16)10-12/h5-6,10,13,18H,3-4,7-9,11H2,1-2H3. The molecule has 1 aromatic rings. The average Bonchev–Trinajstić information content (AvgIpc) is 2.40. The van der Waals surface area contributed by atoms with E-state index in [0.717, 1.165) is 38.0 Å². The highest BCUT2D eigenvalue weighted by Crippen LogP contribution is 2.17. The van der Waals surface area contributed by atoms with Crippen LogP contribution in [0.1, 0.15) is 32.3 Å². The molecule has 0 aliphatic carbocycles. The van der Waals surface area contributed by atoms with Gasteiger partial charge in [-0.25, -0.2) is 4.39 Å². The fourth-order valence-corrected chi connectivity index (χ4v) is 2.29. The van der Waals surface area contributed by atoms with Crippen LogP contribution < -0.4 is 5.32 Å². The number of halogens is 2. The average molecular weight is 332 g/mol. The highest BCUT2D eigenvalue weighted by Gasteiger charge is 2.10. The summed E-state index contributed by atoms with van der Waals surface area (Å²) in [4.78, 5) is 0. The largest absolute Gasteiger partial charge is 0.380 e. The van der Waals surface area contributed by atoms with Gasteiger partial charge >= 0.3 is 0 Å². The Labute approximate surface area is 123 Å². The van der Waals surface area contributed by atoms with Gasteiger partial charge in [-0.1, -0.05) is 19.9 Å². The van der Waals surface area contributed by atoms with E-state index in [1.54, 1.807) is 0 Å². The Kier molecular flexibility index (Phi) is 8.26. The van der Waals surface area contributed by atoms with E-state index < -0.39 is 0 Å². The second-order valence-electron chi connectivity index (χ2n) is 4.68. The second-order valence-corrected chi connectivity index (χ2v) is 5.53. The molecule has 1 aromatic carbocycles. The Morgan fingerprint density at radius 1 is 1.32 bits per heavy atom. The predicted octanol–water partition coefficient (Wildman–Crippen LogP) is 3.93. The molecule has 0 heterocycles. The maximum absolute atomic E-state index is 13.2. The topological polar surface area (TPSA) is 21.3 Å². The summed E-state index contributed by atoms with van der Waals surface area (Å²) in [6.07, 6.45) is 2.97. The van der Waals surface area contributed by atoms with Crippen LogP contribution in [0, 0.1) is 5.82 Å². The quantitative estimate of drug-likeness (QED) is 0.692. The van der Waals surface area contributed by atoms with Crippen molar-refractivity contribution in [3.63, 3.8) is 0 Å². The van der Waals surface area contributed by atoms with Gasteiger partial charge in [0.05, 0.1) is 11.1 Å². The molecule has 0 spiro atoms. The molecule has 0 bridgehead atoms. The van der Waals surface area contributed by atoms with Crippen LogP contribution >= 0.6 is 15.9 Å². The molecule has 0 saturated heterocycles. The summed E-state index contributed by atoms with van der Waals surface area (Å²) in [6, 6.07) is 5.46. The normalized spacial score (nSPS) is 12.6. The Morgan fingerprint density at radius 3 is 2.74 bits per heavy atom. The summed E-state index contributed by atoms with van der Waals surface area (Å²) in [5.74, 6) is -0.218. The minimum atomic E-state index is -0.218. The first kappa shape index (κ1) is 16.6. The van der Waals surface area contributed by atoms with Crippen molar-refractivity contribution in [2.75, 3.05) is 19.8 Å². The fourth-order valence-electron chi connectivity index (χ4n) is 1.86. The molecule has 0 radical (unpaired) electrons. The van der Waals surface area contributed by atoms with Gasteiger partial charge in [-0.3, -0.25) is 0 Å². The third-order valence-corrected chi connectivity index (χ3v) is 3.42. The molecule has 0 aromatic heterocycles. The first-order chi connectivity index (χ1) is 9.17. The predicted molar refractivity (Wildman–Crippen MR) is 81.0 cm³/mol. The lowest BCUT2D eigenvalue weighted by Gasteiger charge is -2.19. The first-order valence-corrected chi connectivity index (χ1v) is 7.71. The van der Waals surface area contributed by atoms with Gasteiger partial charge in [0.15, 0.2) is 0 Å². The van der Waals surface area contributed by atoms with Gasteiger partial charge in [-0.15, -0.1) is 0 Å². The van der Waals surface area contributed by atoms with Crippen molar-refractivity contribution >= 4 is 15.9 Å². The smallest absolute Gasteiger partial charge is 0.137 e. The molecular weight excluding hydrogens is 309 g/mol. The summed E-state index contributed by atoms with van der Waals surface area (Å²) in [7, 11) is 0. The van der Waals surface area contributed by atoms with Gasteiger partial charge < -0.3 is 10.1 Å². The second kappa shape index (κ2) is 9.45. The zero-order valence-corrected chi connectivity index (χ0v) is 13.3. The Morgan fingerprint density at radius 2 is 2.11 bits per heavy atom. The highest BCUT2D eigenvalue weighted by atomic mass is 79.9. The molecular formula is C15H23BrFNO. The summed E-state index contributed by atoms with van der Waals surface area (Å²) < 4.78 is 19.3. The molecule has 0 fully saturated rings. The zero-order valence-electron chi connectivity index (χ0n) is 11.7. The Hall–Kier alpha value is -0.450. The molecule has 19 heavy (non-hydrogen) atoms. The van der Waals surface area contributed by atoms with E-state index in [9.17, 15) is 4.39 Å². The number of hydrogen-bond donors (Lipinski definition) is 1. The number of benzene rings is 1. The van der Waals surface area contributed by atoms with Crippen molar-refractivity contribution in [1.82, 2.24) is 5.32 Å². The molecule has 4 heteroatoms. The highest BCUT2D eigenvalue weighted by molar-refractivity contribution is 9.10. The lowest BCUT2D eigenvalue weighted by Crippen LogP contribution is -2.36. The van der Waals surface area contributed by atoms with Crippen LogP contribution in [0.5, 0.6) is 0 Å². The summed E-state index contributed by atoms with van der Waals surface area (Å²) in [6.45, 7) is 6.71. The van der Waals surface area contributed by atoms with Gasteiger partial charge in [0.25, 0.3) is 0 Å². The van der Waals surface area contributed by atoms with Crippen LogP contribution in [0.3, 0.4) is 0 Å². The van der Waals surface area contributed by atoms with Crippen LogP contribution in [0.4, 0.5) is 4.39 Å². The van der Waals surface area contributed by atoms with Crippen LogP contribution in [0.15, 0.2) is 22.7 Å². The van der Waals surface area contributed by atoms with Gasteiger partial charge in [0.2, 0.25) is 0 Å². The van der Waals surface area contributed by atoms with E-state index in [0.29, 0.717) is 11.1 Å². The van der Waals surface area contributed by atoms with E-state index in [-0.39, 0.29) is 11.9 Å². The maximum atomic E-state index is 13.2. The number of rotatable bonds is 9. The maximum Gasteiger partial charge on any atom is 0.137 e. The van der Waals surface area contributed by atoms with Crippen molar-refractivity contribution in [2.45, 2.75) is 39.2 Å². The van der Waals surface area contributed by atoms with Crippen molar-refractivity contribution in [3.8, 4) is 0 Å². The molecule has 1 N–H and O–H groups in total. The molecule has 1 atom stereocenters. The Balaban J connectivity index is 2.56. The summed E-state index contributed by atoms with van der Waals surface area (Å²) in [5.41, 5.74) is 1.11. The van der Waals surface area contributed by atoms with Crippen molar-refractivity contribution < 1.29 is 9.13 Å². The van der Waals surface area contributed by atoms with Crippen LogP contribution in [-0.4, -0.2) is 25.8 Å². The van der Waals surface area contributed by atoms with Gasteiger partial charge in [0.1, 0.15) is 5.82 Å². The van der Waals surface area contributed by atoms with Gasteiger partial charge in [-0.05, 0) is 59.4 Å². The molecule has 0 amide bonds. The fraction of sp³-hybridized carbons (Fsp3) is 0.600. The minimum absolute atomic E-state index is 0.218. The van der Waals surface area contributed by atoms with E-state index in [4.69, 9.17) is 4.74 Å². The van der Waals surface area contributed by atoms with E-state index in [2.05, 4.69) is 35.1 Å². The molecule has 2 nitrogen and oxygen atoms in total. The number of hydrogen-bond acceptors (Lipinski definition) is 2. The summed E-state index contributed by atoms with van der Waals surface area (Å²) in [5, 5.41) is 3.48.